The Bertz CT molecular complexity index is 76.6. The molecule has 1 atom stereocenters. The summed E-state index contributed by atoms with van der Waals surface area (Å²) in [4.78, 5) is 9.64. The van der Waals surface area contributed by atoms with E-state index in [4.69, 9.17) is 10.2 Å². The van der Waals surface area contributed by atoms with Crippen LogP contribution in [0.3, 0.4) is 0 Å². The summed E-state index contributed by atoms with van der Waals surface area (Å²) >= 11 is 0. The molecule has 0 saturated heterocycles. The van der Waals surface area contributed by atoms with Gasteiger partial charge in [0.2, 0.25) is 6.41 Å². The minimum absolute atomic E-state index is 0.0393. The average molecular weight is 133 g/mol. The van der Waals surface area contributed by atoms with Crippen molar-refractivity contribution in [1.29, 1.82) is 0 Å². The lowest BCUT2D eigenvalue weighted by molar-refractivity contribution is -0.112. The molecule has 0 fully saturated rings. The molecule has 1 unspecified atom stereocenters. The van der Waals surface area contributed by atoms with Crippen molar-refractivity contribution in [1.82, 2.24) is 5.32 Å². The van der Waals surface area contributed by atoms with E-state index in [0.29, 0.717) is 19.3 Å². The molecule has 1 amide bonds. The number of hydrogen-bond acceptors (Lipinski definition) is 3. The van der Waals surface area contributed by atoms with Crippen molar-refractivity contribution in [3.63, 3.8) is 0 Å². The maximum absolute atomic E-state index is 9.64. The van der Waals surface area contributed by atoms with Crippen molar-refractivity contribution in [2.75, 3.05) is 6.61 Å². The number of nitrogens with one attached hydrogen (secondary N) is 1. The van der Waals surface area contributed by atoms with Gasteiger partial charge in [0.25, 0.3) is 0 Å². The van der Waals surface area contributed by atoms with Crippen LogP contribution in [0.5, 0.6) is 0 Å². The zero-order valence-electron chi connectivity index (χ0n) is 5.08. The van der Waals surface area contributed by atoms with E-state index in [-0.39, 0.29) is 6.61 Å². The summed E-state index contributed by atoms with van der Waals surface area (Å²) in [5.74, 6) is 0. The second-order valence-electron chi connectivity index (χ2n) is 1.67. The van der Waals surface area contributed by atoms with E-state index in [1.807, 2.05) is 0 Å². The number of aliphatic hydroxyl groups is 2. The van der Waals surface area contributed by atoms with E-state index in [0.717, 1.165) is 0 Å². The summed E-state index contributed by atoms with van der Waals surface area (Å²) in [5.41, 5.74) is 0. The van der Waals surface area contributed by atoms with Gasteiger partial charge in [0.1, 0.15) is 6.23 Å². The lowest BCUT2D eigenvalue weighted by atomic mass is 10.3. The average Bonchev–Trinajstić information content (AvgIpc) is 1.85. The Kier molecular flexibility index (Phi) is 5.15. The zero-order chi connectivity index (χ0) is 7.11. The molecular formula is C5H11NO3. The lowest BCUT2D eigenvalue weighted by Crippen LogP contribution is -2.27. The Morgan fingerprint density at radius 2 is 2.33 bits per heavy atom. The minimum atomic E-state index is -0.811. The van der Waals surface area contributed by atoms with Gasteiger partial charge in [-0.3, -0.25) is 4.79 Å². The van der Waals surface area contributed by atoms with Gasteiger partial charge < -0.3 is 15.5 Å². The molecule has 0 heterocycles. The topological polar surface area (TPSA) is 69.6 Å². The normalized spacial score (nSPS) is 12.7. The van der Waals surface area contributed by atoms with Crippen molar-refractivity contribution >= 4 is 6.41 Å². The first-order valence-electron chi connectivity index (χ1n) is 2.80. The maximum Gasteiger partial charge on any atom is 0.209 e. The van der Waals surface area contributed by atoms with Crippen LogP contribution in [0.1, 0.15) is 12.8 Å². The van der Waals surface area contributed by atoms with Crippen molar-refractivity contribution in [3.8, 4) is 0 Å². The minimum Gasteiger partial charge on any atom is -0.396 e. The molecule has 4 nitrogen and oxygen atoms in total. The third-order valence-corrected chi connectivity index (χ3v) is 0.896. The second-order valence-corrected chi connectivity index (χ2v) is 1.67. The van der Waals surface area contributed by atoms with Gasteiger partial charge in [-0.05, 0) is 12.8 Å². The molecule has 0 bridgehead atoms. The third kappa shape index (κ3) is 5.26. The van der Waals surface area contributed by atoms with Crippen LogP contribution in [0.4, 0.5) is 0 Å². The van der Waals surface area contributed by atoms with Crippen LogP contribution in [0, 0.1) is 0 Å². The number of rotatable bonds is 5. The van der Waals surface area contributed by atoms with Crippen LogP contribution in [-0.2, 0) is 4.79 Å². The summed E-state index contributed by atoms with van der Waals surface area (Å²) < 4.78 is 0. The highest BCUT2D eigenvalue weighted by atomic mass is 16.3. The summed E-state index contributed by atoms with van der Waals surface area (Å²) in [6, 6.07) is 0. The van der Waals surface area contributed by atoms with E-state index in [1.165, 1.54) is 0 Å². The quantitative estimate of drug-likeness (QED) is 0.327. The fraction of sp³-hybridized carbons (Fsp3) is 0.800. The Hall–Kier alpha value is -0.610. The molecule has 0 aliphatic carbocycles. The van der Waals surface area contributed by atoms with Crippen LogP contribution in [-0.4, -0.2) is 29.5 Å². The molecule has 0 aromatic rings. The number of aliphatic hydroxyl groups excluding tert-OH is 2. The van der Waals surface area contributed by atoms with Crippen molar-refractivity contribution in [2.45, 2.75) is 19.1 Å². The third-order valence-electron chi connectivity index (χ3n) is 0.896. The number of amides is 1. The van der Waals surface area contributed by atoms with E-state index in [1.54, 1.807) is 0 Å². The van der Waals surface area contributed by atoms with Gasteiger partial charge in [-0.25, -0.2) is 0 Å². The first kappa shape index (κ1) is 8.39. The summed E-state index contributed by atoms with van der Waals surface area (Å²) in [6.45, 7) is 0.0393. The molecule has 9 heavy (non-hydrogen) atoms. The molecule has 0 spiro atoms. The molecule has 0 aromatic heterocycles. The van der Waals surface area contributed by atoms with Crippen LogP contribution < -0.4 is 5.32 Å². The lowest BCUT2D eigenvalue weighted by Gasteiger charge is -2.05. The second kappa shape index (κ2) is 5.53. The van der Waals surface area contributed by atoms with E-state index in [9.17, 15) is 4.79 Å². The maximum atomic E-state index is 9.64. The highest BCUT2D eigenvalue weighted by molar-refractivity contribution is 5.46. The predicted molar refractivity (Wildman–Crippen MR) is 31.5 cm³/mol. The van der Waals surface area contributed by atoms with Crippen LogP contribution in [0.2, 0.25) is 0 Å². The summed E-state index contributed by atoms with van der Waals surface area (Å²) in [7, 11) is 0. The van der Waals surface area contributed by atoms with Gasteiger partial charge >= 0.3 is 0 Å². The summed E-state index contributed by atoms with van der Waals surface area (Å²) in [6.07, 6.45) is 0.522. The van der Waals surface area contributed by atoms with Crippen LogP contribution in [0.25, 0.3) is 0 Å². The Morgan fingerprint density at radius 1 is 1.67 bits per heavy atom. The monoisotopic (exact) mass is 133 g/mol. The van der Waals surface area contributed by atoms with Gasteiger partial charge in [0.05, 0.1) is 0 Å². The fourth-order valence-electron chi connectivity index (χ4n) is 0.447. The molecule has 0 radical (unpaired) electrons. The van der Waals surface area contributed by atoms with Crippen LogP contribution >= 0.6 is 0 Å². The molecule has 54 valence electrons. The largest absolute Gasteiger partial charge is 0.396 e. The molecule has 0 saturated carbocycles. The first-order valence-corrected chi connectivity index (χ1v) is 2.80. The van der Waals surface area contributed by atoms with E-state index in [2.05, 4.69) is 5.32 Å². The highest BCUT2D eigenvalue weighted by Crippen LogP contribution is 1.89. The molecule has 0 aliphatic rings. The number of carbonyl (C=O) groups is 1. The Balaban J connectivity index is 3.04. The smallest absolute Gasteiger partial charge is 0.209 e. The number of carbonyl (C=O) groups excluding carboxylic acids is 1. The highest BCUT2D eigenvalue weighted by Gasteiger charge is 1.98. The standard InChI is InChI=1S/C5H11NO3/c7-3-1-2-5(9)6-4-8/h4-5,7,9H,1-3H2,(H,6,8). The van der Waals surface area contributed by atoms with Crippen molar-refractivity contribution < 1.29 is 15.0 Å². The van der Waals surface area contributed by atoms with Crippen molar-refractivity contribution in [2.24, 2.45) is 0 Å². The molecule has 0 aromatic carbocycles. The van der Waals surface area contributed by atoms with Gasteiger partial charge in [-0.1, -0.05) is 0 Å². The Morgan fingerprint density at radius 3 is 2.78 bits per heavy atom. The predicted octanol–water partition coefficient (Wildman–Crippen LogP) is -1.18. The van der Waals surface area contributed by atoms with Gasteiger partial charge in [-0.15, -0.1) is 0 Å². The number of hydrogen-bond donors (Lipinski definition) is 3. The molecular weight excluding hydrogens is 122 g/mol. The van der Waals surface area contributed by atoms with E-state index >= 15 is 0 Å². The van der Waals surface area contributed by atoms with Crippen LogP contribution in [0.15, 0.2) is 0 Å². The van der Waals surface area contributed by atoms with Gasteiger partial charge in [-0.2, -0.15) is 0 Å². The van der Waals surface area contributed by atoms with Crippen molar-refractivity contribution in [3.05, 3.63) is 0 Å². The summed E-state index contributed by atoms with van der Waals surface area (Å²) in [5, 5.41) is 19.1. The molecule has 0 rings (SSSR count). The molecule has 0 aliphatic heterocycles. The van der Waals surface area contributed by atoms with Gasteiger partial charge in [0.15, 0.2) is 0 Å². The fourth-order valence-corrected chi connectivity index (χ4v) is 0.447. The zero-order valence-corrected chi connectivity index (χ0v) is 5.08. The SMILES string of the molecule is O=CNC(O)CCCO. The molecule has 3 N–H and O–H groups in total. The van der Waals surface area contributed by atoms with Gasteiger partial charge in [0, 0.05) is 6.61 Å². The van der Waals surface area contributed by atoms with E-state index < -0.39 is 6.23 Å². The first-order chi connectivity index (χ1) is 4.31. The molecule has 4 heteroatoms. The Labute approximate surface area is 53.5 Å².